The van der Waals surface area contributed by atoms with E-state index in [0.717, 1.165) is 32.2 Å². The van der Waals surface area contributed by atoms with Crippen molar-refractivity contribution in [2.45, 2.75) is 17.6 Å². The lowest BCUT2D eigenvalue weighted by Gasteiger charge is -2.32. The molecule has 1 fully saturated rings. The topological polar surface area (TPSA) is 46.6 Å². The van der Waals surface area contributed by atoms with Crippen LogP contribution in [0.25, 0.3) is 0 Å². The first-order valence-electron chi connectivity index (χ1n) is 6.47. The number of alkyl halides is 3. The molecule has 8 heteroatoms. The second-order valence-electron chi connectivity index (χ2n) is 5.18. The molecule has 0 spiro atoms. The third-order valence-electron chi connectivity index (χ3n) is 3.49. The largest absolute Gasteiger partial charge is 0.768 e. The maximum absolute atomic E-state index is 12.8. The Balaban J connectivity index is 2.22. The smallest absolute Gasteiger partial charge is 0.416 e. The highest BCUT2D eigenvalue weighted by Crippen LogP contribution is 2.31. The van der Waals surface area contributed by atoms with E-state index in [1.807, 2.05) is 11.9 Å². The van der Waals surface area contributed by atoms with E-state index in [1.165, 1.54) is 6.07 Å². The highest BCUT2D eigenvalue weighted by atomic mass is 32.2. The molecule has 1 aliphatic rings. The molecule has 0 bridgehead atoms. The summed E-state index contributed by atoms with van der Waals surface area (Å²) in [5.74, 6) is 0. The van der Waals surface area contributed by atoms with Crippen molar-refractivity contribution >= 4 is 11.1 Å². The molecule has 1 aromatic rings. The van der Waals surface area contributed by atoms with Crippen molar-refractivity contribution in [2.24, 2.45) is 0 Å². The van der Waals surface area contributed by atoms with E-state index in [-0.39, 0.29) is 4.90 Å². The van der Waals surface area contributed by atoms with Gasteiger partial charge in [0.15, 0.2) is 0 Å². The fourth-order valence-corrected chi connectivity index (χ4v) is 2.75. The average Bonchev–Trinajstić information content (AvgIpc) is 2.40. The predicted octanol–water partition coefficient (Wildman–Crippen LogP) is 1.69. The van der Waals surface area contributed by atoms with Gasteiger partial charge in [0.1, 0.15) is 0 Å². The summed E-state index contributed by atoms with van der Waals surface area (Å²) in [5, 5.41) is 0. The second kappa shape index (κ2) is 6.43. The predicted molar refractivity (Wildman–Crippen MR) is 71.4 cm³/mol. The van der Waals surface area contributed by atoms with Crippen LogP contribution in [0.5, 0.6) is 0 Å². The molecule has 0 N–H and O–H groups in total. The fraction of sp³-hybridized carbons (Fsp3) is 0.538. The van der Waals surface area contributed by atoms with Crippen LogP contribution in [0, 0.1) is 0 Å². The van der Waals surface area contributed by atoms with Crippen LogP contribution >= 0.6 is 0 Å². The Bertz CT molecular complexity index is 529. The number of halogens is 3. The van der Waals surface area contributed by atoms with Crippen LogP contribution in [-0.2, 0) is 23.8 Å². The molecule has 1 unspecified atom stereocenters. The van der Waals surface area contributed by atoms with Crippen molar-refractivity contribution in [1.29, 1.82) is 0 Å². The van der Waals surface area contributed by atoms with Crippen LogP contribution in [0.4, 0.5) is 13.2 Å². The Morgan fingerprint density at radius 1 is 1.19 bits per heavy atom. The first-order chi connectivity index (χ1) is 9.75. The minimum Gasteiger partial charge on any atom is -0.768 e. The molecule has 1 aromatic carbocycles. The molecule has 0 aliphatic carbocycles. The number of nitrogens with zero attached hydrogens (tertiary/aromatic N) is 2. The summed E-state index contributed by atoms with van der Waals surface area (Å²) < 4.78 is 60.4. The molecule has 4 nitrogen and oxygen atoms in total. The van der Waals surface area contributed by atoms with E-state index < -0.39 is 22.8 Å². The van der Waals surface area contributed by atoms with Gasteiger partial charge in [-0.1, -0.05) is 0 Å². The summed E-state index contributed by atoms with van der Waals surface area (Å²) in [7, 11) is 1.99. The van der Waals surface area contributed by atoms with Crippen molar-refractivity contribution in [3.8, 4) is 0 Å². The monoisotopic (exact) mass is 321 g/mol. The lowest BCUT2D eigenvalue weighted by molar-refractivity contribution is -0.137. The van der Waals surface area contributed by atoms with Crippen LogP contribution in [0.3, 0.4) is 0 Å². The molecule has 1 saturated heterocycles. The minimum absolute atomic E-state index is 0.321. The molecule has 118 valence electrons. The summed E-state index contributed by atoms with van der Waals surface area (Å²) >= 11 is -2.67. The Kier molecular flexibility index (Phi) is 5.03. The minimum atomic E-state index is -4.55. The summed E-state index contributed by atoms with van der Waals surface area (Å²) in [4.78, 5) is 3.84. The standard InChI is InChI=1S/C13H17F3N2O2S/c1-17-2-4-18(5-3-17)9-10-6-11(13(14,15)16)8-12(7-10)21(19)20/h6-8H,2-5,9H2,1H3,(H,19,20)/p-1. The molecule has 0 saturated carbocycles. The number of benzene rings is 1. The number of piperazine rings is 1. The molecule has 1 aliphatic heterocycles. The molecule has 1 atom stereocenters. The summed E-state index contributed by atoms with van der Waals surface area (Å²) in [6.07, 6.45) is -4.55. The van der Waals surface area contributed by atoms with Crippen LogP contribution in [-0.4, -0.2) is 51.8 Å². The number of rotatable bonds is 3. The van der Waals surface area contributed by atoms with Crippen molar-refractivity contribution in [3.63, 3.8) is 0 Å². The number of hydrogen-bond acceptors (Lipinski definition) is 4. The first kappa shape index (κ1) is 16.4. The van der Waals surface area contributed by atoms with Crippen LogP contribution < -0.4 is 0 Å². The van der Waals surface area contributed by atoms with E-state index >= 15 is 0 Å². The van der Waals surface area contributed by atoms with Gasteiger partial charge < -0.3 is 9.45 Å². The third-order valence-corrected chi connectivity index (χ3v) is 4.11. The van der Waals surface area contributed by atoms with Crippen LogP contribution in [0.2, 0.25) is 0 Å². The highest BCUT2D eigenvalue weighted by Gasteiger charge is 2.31. The van der Waals surface area contributed by atoms with Gasteiger partial charge in [-0.25, -0.2) is 0 Å². The lowest BCUT2D eigenvalue weighted by Crippen LogP contribution is -2.43. The Labute approximate surface area is 123 Å². The zero-order chi connectivity index (χ0) is 15.6. The van der Waals surface area contributed by atoms with Crippen molar-refractivity contribution in [3.05, 3.63) is 29.3 Å². The van der Waals surface area contributed by atoms with Gasteiger partial charge in [-0.3, -0.25) is 9.11 Å². The zero-order valence-electron chi connectivity index (χ0n) is 11.5. The summed E-state index contributed by atoms with van der Waals surface area (Å²) in [6.45, 7) is 3.52. The fourth-order valence-electron chi connectivity index (χ4n) is 2.28. The third kappa shape index (κ3) is 4.50. The molecule has 2 rings (SSSR count). The van der Waals surface area contributed by atoms with Crippen molar-refractivity contribution in [1.82, 2.24) is 9.80 Å². The molecule has 21 heavy (non-hydrogen) atoms. The average molecular weight is 321 g/mol. The SMILES string of the molecule is CN1CCN(Cc2cc(S(=O)[O-])cc(C(F)(F)F)c2)CC1. The van der Waals surface area contributed by atoms with Gasteiger partial charge in [-0.05, 0) is 41.9 Å². The summed E-state index contributed by atoms with van der Waals surface area (Å²) in [5.41, 5.74) is -0.554. The normalized spacial score (nSPS) is 19.7. The van der Waals surface area contributed by atoms with E-state index in [9.17, 15) is 21.9 Å². The molecule has 1 heterocycles. The molecular weight excluding hydrogens is 305 g/mol. The Morgan fingerprint density at radius 2 is 1.81 bits per heavy atom. The van der Waals surface area contributed by atoms with Crippen molar-refractivity contribution < 1.29 is 21.9 Å². The highest BCUT2D eigenvalue weighted by molar-refractivity contribution is 7.79. The van der Waals surface area contributed by atoms with Gasteiger partial charge in [-0.15, -0.1) is 0 Å². The summed E-state index contributed by atoms with van der Waals surface area (Å²) in [6, 6.07) is 2.99. The van der Waals surface area contributed by atoms with Gasteiger partial charge in [0, 0.05) is 37.6 Å². The quantitative estimate of drug-likeness (QED) is 0.795. The van der Waals surface area contributed by atoms with Crippen LogP contribution in [0.15, 0.2) is 23.1 Å². The maximum Gasteiger partial charge on any atom is 0.416 e. The van der Waals surface area contributed by atoms with Gasteiger partial charge in [0.2, 0.25) is 0 Å². The van der Waals surface area contributed by atoms with Crippen LogP contribution in [0.1, 0.15) is 11.1 Å². The number of hydrogen-bond donors (Lipinski definition) is 0. The van der Waals surface area contributed by atoms with Gasteiger partial charge in [0.25, 0.3) is 0 Å². The van der Waals surface area contributed by atoms with E-state index in [4.69, 9.17) is 0 Å². The van der Waals surface area contributed by atoms with Crippen molar-refractivity contribution in [2.75, 3.05) is 33.2 Å². The van der Waals surface area contributed by atoms with E-state index in [1.54, 1.807) is 0 Å². The second-order valence-corrected chi connectivity index (χ2v) is 6.12. The first-order valence-corrected chi connectivity index (χ1v) is 7.54. The maximum atomic E-state index is 12.8. The molecule has 0 amide bonds. The van der Waals surface area contributed by atoms with Gasteiger partial charge in [-0.2, -0.15) is 13.2 Å². The molecule has 0 aromatic heterocycles. The molecular formula is C13H16F3N2O2S-. The number of likely N-dealkylation sites (N-methyl/N-ethyl adjacent to an activating group) is 1. The zero-order valence-corrected chi connectivity index (χ0v) is 12.3. The Morgan fingerprint density at radius 3 is 2.33 bits per heavy atom. The van der Waals surface area contributed by atoms with E-state index in [0.29, 0.717) is 18.2 Å². The van der Waals surface area contributed by atoms with Gasteiger partial charge >= 0.3 is 6.18 Å². The van der Waals surface area contributed by atoms with Gasteiger partial charge in [0.05, 0.1) is 5.56 Å². The molecule has 0 radical (unpaired) electrons. The lowest BCUT2D eigenvalue weighted by atomic mass is 10.1. The Hall–Kier alpha value is -0.960. The van der Waals surface area contributed by atoms with E-state index in [2.05, 4.69) is 4.90 Å².